The Balaban J connectivity index is 1.83. The molecule has 1 amide bonds. The Labute approximate surface area is 135 Å². The van der Waals surface area contributed by atoms with Gasteiger partial charge >= 0.3 is 0 Å². The third kappa shape index (κ3) is 2.75. The highest BCUT2D eigenvalue weighted by molar-refractivity contribution is 5.89. The average molecular weight is 312 g/mol. The zero-order valence-electron chi connectivity index (χ0n) is 13.2. The summed E-state index contributed by atoms with van der Waals surface area (Å²) in [6, 6.07) is 15.0. The summed E-state index contributed by atoms with van der Waals surface area (Å²) >= 11 is 0. The second kappa shape index (κ2) is 6.30. The maximum Gasteiger partial charge on any atom is 0.242 e. The molecule has 1 saturated heterocycles. The summed E-state index contributed by atoms with van der Waals surface area (Å²) in [5, 5.41) is 0. The van der Waals surface area contributed by atoms with Gasteiger partial charge in [0, 0.05) is 6.54 Å². The summed E-state index contributed by atoms with van der Waals surface area (Å²) in [5.74, 6) is 1.29. The van der Waals surface area contributed by atoms with Gasteiger partial charge in [0.1, 0.15) is 6.04 Å². The molecule has 2 aromatic carbocycles. The SMILES string of the molecule is COc1ccc(CN2C(=O)[C@H](N)[C@H]2c2ccccc2)cc1OC. The molecular formula is C18H20N2O3. The second-order valence-electron chi connectivity index (χ2n) is 5.54. The number of hydrogen-bond acceptors (Lipinski definition) is 4. The van der Waals surface area contributed by atoms with Crippen LogP contribution in [0.4, 0.5) is 0 Å². The highest BCUT2D eigenvalue weighted by Crippen LogP contribution is 2.36. The van der Waals surface area contributed by atoms with Crippen molar-refractivity contribution in [2.75, 3.05) is 14.2 Å². The molecule has 1 aliphatic heterocycles. The predicted octanol–water partition coefficient (Wildman–Crippen LogP) is 2.11. The van der Waals surface area contributed by atoms with Gasteiger partial charge in [-0.25, -0.2) is 0 Å². The molecule has 0 aliphatic carbocycles. The molecular weight excluding hydrogens is 292 g/mol. The van der Waals surface area contributed by atoms with Crippen molar-refractivity contribution < 1.29 is 14.3 Å². The molecule has 0 unspecified atom stereocenters. The van der Waals surface area contributed by atoms with E-state index in [1.165, 1.54) is 0 Å². The monoisotopic (exact) mass is 312 g/mol. The van der Waals surface area contributed by atoms with Crippen molar-refractivity contribution in [1.82, 2.24) is 4.90 Å². The minimum Gasteiger partial charge on any atom is -0.493 e. The van der Waals surface area contributed by atoms with Gasteiger partial charge in [0.05, 0.1) is 20.3 Å². The first-order valence-corrected chi connectivity index (χ1v) is 7.47. The Hall–Kier alpha value is -2.53. The molecule has 1 aliphatic rings. The Bertz CT molecular complexity index is 703. The van der Waals surface area contributed by atoms with E-state index in [4.69, 9.17) is 15.2 Å². The number of methoxy groups -OCH3 is 2. The van der Waals surface area contributed by atoms with E-state index in [1.807, 2.05) is 48.5 Å². The van der Waals surface area contributed by atoms with Gasteiger partial charge in [0.2, 0.25) is 5.91 Å². The van der Waals surface area contributed by atoms with Gasteiger partial charge in [-0.15, -0.1) is 0 Å². The van der Waals surface area contributed by atoms with Crippen LogP contribution in [0.2, 0.25) is 0 Å². The Morgan fingerprint density at radius 3 is 2.39 bits per heavy atom. The molecule has 23 heavy (non-hydrogen) atoms. The molecule has 1 fully saturated rings. The molecule has 2 N–H and O–H groups in total. The van der Waals surface area contributed by atoms with Crippen molar-refractivity contribution in [3.05, 3.63) is 59.7 Å². The molecule has 2 atom stereocenters. The van der Waals surface area contributed by atoms with Crippen molar-refractivity contribution in [2.24, 2.45) is 5.73 Å². The molecule has 3 rings (SSSR count). The van der Waals surface area contributed by atoms with Crippen molar-refractivity contribution >= 4 is 5.91 Å². The standard InChI is InChI=1S/C18H20N2O3/c1-22-14-9-8-12(10-15(14)23-2)11-20-17(16(19)18(20)21)13-6-4-3-5-7-13/h3-10,16-17H,11,19H2,1-2H3/t16-,17-/m1/s1. The Kier molecular flexibility index (Phi) is 4.21. The first-order chi connectivity index (χ1) is 11.2. The van der Waals surface area contributed by atoms with Gasteiger partial charge in [-0.2, -0.15) is 0 Å². The number of β-lactam (4-membered cyclic amide) rings is 1. The van der Waals surface area contributed by atoms with Crippen LogP contribution in [0.3, 0.4) is 0 Å². The summed E-state index contributed by atoms with van der Waals surface area (Å²) in [6.07, 6.45) is 0. The number of ether oxygens (including phenoxy) is 2. The van der Waals surface area contributed by atoms with Crippen LogP contribution in [0.5, 0.6) is 11.5 Å². The lowest BCUT2D eigenvalue weighted by Crippen LogP contribution is -2.62. The van der Waals surface area contributed by atoms with E-state index in [2.05, 4.69) is 0 Å². The van der Waals surface area contributed by atoms with Crippen LogP contribution in [0.1, 0.15) is 17.2 Å². The molecule has 0 bridgehead atoms. The predicted molar refractivity (Wildman–Crippen MR) is 87.3 cm³/mol. The summed E-state index contributed by atoms with van der Waals surface area (Å²) in [4.78, 5) is 14.0. The number of carbonyl (C=O) groups excluding carboxylic acids is 1. The van der Waals surface area contributed by atoms with E-state index in [0.29, 0.717) is 18.0 Å². The number of benzene rings is 2. The van der Waals surface area contributed by atoms with Crippen LogP contribution >= 0.6 is 0 Å². The van der Waals surface area contributed by atoms with E-state index >= 15 is 0 Å². The van der Waals surface area contributed by atoms with E-state index in [1.54, 1.807) is 19.1 Å². The normalized spacial score (nSPS) is 20.1. The lowest BCUT2D eigenvalue weighted by molar-refractivity contribution is -0.150. The van der Waals surface area contributed by atoms with E-state index in [9.17, 15) is 4.79 Å². The minimum absolute atomic E-state index is 0.0337. The minimum atomic E-state index is -0.474. The van der Waals surface area contributed by atoms with E-state index < -0.39 is 6.04 Å². The number of amides is 1. The summed E-state index contributed by atoms with van der Waals surface area (Å²) in [6.45, 7) is 0.493. The van der Waals surface area contributed by atoms with Gasteiger partial charge in [-0.3, -0.25) is 4.79 Å². The average Bonchev–Trinajstić information content (AvgIpc) is 2.61. The maximum atomic E-state index is 12.2. The largest absolute Gasteiger partial charge is 0.493 e. The molecule has 0 radical (unpaired) electrons. The fraction of sp³-hybridized carbons (Fsp3) is 0.278. The van der Waals surface area contributed by atoms with Crippen molar-refractivity contribution in [3.63, 3.8) is 0 Å². The van der Waals surface area contributed by atoms with Crippen LogP contribution in [-0.2, 0) is 11.3 Å². The van der Waals surface area contributed by atoms with Gasteiger partial charge in [0.15, 0.2) is 11.5 Å². The van der Waals surface area contributed by atoms with Crippen LogP contribution in [0.25, 0.3) is 0 Å². The van der Waals surface area contributed by atoms with Gasteiger partial charge in [-0.05, 0) is 23.3 Å². The third-order valence-corrected chi connectivity index (χ3v) is 4.19. The van der Waals surface area contributed by atoms with Gasteiger partial charge in [-0.1, -0.05) is 36.4 Å². The lowest BCUT2D eigenvalue weighted by Gasteiger charge is -2.45. The molecule has 5 nitrogen and oxygen atoms in total. The number of likely N-dealkylation sites (tertiary alicyclic amines) is 1. The summed E-state index contributed by atoms with van der Waals surface area (Å²) in [5.41, 5.74) is 8.04. The van der Waals surface area contributed by atoms with Crippen LogP contribution in [0, 0.1) is 0 Å². The van der Waals surface area contributed by atoms with Crippen molar-refractivity contribution in [1.29, 1.82) is 0 Å². The highest BCUT2D eigenvalue weighted by atomic mass is 16.5. The van der Waals surface area contributed by atoms with Crippen LogP contribution < -0.4 is 15.2 Å². The second-order valence-corrected chi connectivity index (χ2v) is 5.54. The molecule has 1 heterocycles. The zero-order valence-corrected chi connectivity index (χ0v) is 13.2. The number of nitrogens with two attached hydrogens (primary N) is 1. The number of carbonyl (C=O) groups is 1. The molecule has 0 aromatic heterocycles. The zero-order chi connectivity index (χ0) is 16.4. The van der Waals surface area contributed by atoms with Crippen LogP contribution in [-0.4, -0.2) is 31.1 Å². The highest BCUT2D eigenvalue weighted by Gasteiger charge is 2.45. The molecule has 0 spiro atoms. The van der Waals surface area contributed by atoms with Gasteiger partial charge in [0.25, 0.3) is 0 Å². The number of hydrogen-bond donors (Lipinski definition) is 1. The molecule has 2 aromatic rings. The molecule has 5 heteroatoms. The number of rotatable bonds is 5. The summed E-state index contributed by atoms with van der Waals surface area (Å²) in [7, 11) is 3.19. The summed E-state index contributed by atoms with van der Waals surface area (Å²) < 4.78 is 10.6. The van der Waals surface area contributed by atoms with Crippen molar-refractivity contribution in [2.45, 2.75) is 18.6 Å². The lowest BCUT2D eigenvalue weighted by atomic mass is 9.88. The Morgan fingerprint density at radius 1 is 1.04 bits per heavy atom. The van der Waals surface area contributed by atoms with Crippen molar-refractivity contribution in [3.8, 4) is 11.5 Å². The third-order valence-electron chi connectivity index (χ3n) is 4.19. The van der Waals surface area contributed by atoms with E-state index in [0.717, 1.165) is 11.1 Å². The first-order valence-electron chi connectivity index (χ1n) is 7.47. The topological polar surface area (TPSA) is 64.8 Å². The van der Waals surface area contributed by atoms with Gasteiger partial charge < -0.3 is 20.1 Å². The van der Waals surface area contributed by atoms with E-state index in [-0.39, 0.29) is 11.9 Å². The smallest absolute Gasteiger partial charge is 0.242 e. The molecule has 0 saturated carbocycles. The fourth-order valence-corrected chi connectivity index (χ4v) is 2.96. The maximum absolute atomic E-state index is 12.2. The first kappa shape index (κ1) is 15.4. The van der Waals surface area contributed by atoms with Crippen LogP contribution in [0.15, 0.2) is 48.5 Å². The Morgan fingerprint density at radius 2 is 1.74 bits per heavy atom. The number of nitrogens with zero attached hydrogens (tertiary/aromatic N) is 1. The fourth-order valence-electron chi connectivity index (χ4n) is 2.96. The molecule has 120 valence electrons. The quantitative estimate of drug-likeness (QED) is 0.859.